The summed E-state index contributed by atoms with van der Waals surface area (Å²) in [5.41, 5.74) is 6.02. The van der Waals surface area contributed by atoms with Crippen LogP contribution < -0.4 is 10.9 Å². The van der Waals surface area contributed by atoms with E-state index in [1.165, 1.54) is 25.0 Å². The topological polar surface area (TPSA) is 69.6 Å². The molecular formula is C27H35BrN4O2. The largest absolute Gasteiger partial charge is 0.348 e. The summed E-state index contributed by atoms with van der Waals surface area (Å²) in [4.78, 5) is 30.9. The minimum absolute atomic E-state index is 0.147. The number of carbonyl (C=O) groups is 1. The molecule has 0 bridgehead atoms. The van der Waals surface area contributed by atoms with E-state index in [1.54, 1.807) is 0 Å². The van der Waals surface area contributed by atoms with Crippen molar-refractivity contribution in [1.82, 2.24) is 19.6 Å². The van der Waals surface area contributed by atoms with E-state index in [-0.39, 0.29) is 18.0 Å². The van der Waals surface area contributed by atoms with Crippen molar-refractivity contribution < 1.29 is 4.79 Å². The fourth-order valence-corrected chi connectivity index (χ4v) is 6.08. The summed E-state index contributed by atoms with van der Waals surface area (Å²) in [6.07, 6.45) is 5.68. The molecule has 1 aliphatic carbocycles. The Morgan fingerprint density at radius 2 is 1.97 bits per heavy atom. The molecular weight excluding hydrogens is 492 g/mol. The molecule has 34 heavy (non-hydrogen) atoms. The van der Waals surface area contributed by atoms with Gasteiger partial charge in [-0.1, -0.05) is 6.92 Å². The maximum absolute atomic E-state index is 13.4. The Bertz CT molecular complexity index is 1290. The van der Waals surface area contributed by atoms with Crippen molar-refractivity contribution in [2.45, 2.75) is 65.5 Å². The van der Waals surface area contributed by atoms with Crippen LogP contribution >= 0.6 is 15.9 Å². The molecule has 3 atom stereocenters. The van der Waals surface area contributed by atoms with Crippen LogP contribution in [0.2, 0.25) is 0 Å². The molecule has 3 aromatic rings. The standard InChI is InChI=1S/C27H35BrN4O2/c1-15-9-16(2)30-27(34)24(15)13-29-26(33)23-12-22-11-20(28)14-32(22)25(18(23)4)17(3)19-7-8-21(10-19)31(5)6/h9,11-12,14,17,19,21H,7-8,10,13H2,1-6H3,(H,29,33)(H,30,34). The lowest BCUT2D eigenvalue weighted by Gasteiger charge is -2.26. The first kappa shape index (κ1) is 24.7. The van der Waals surface area contributed by atoms with Crippen molar-refractivity contribution >= 4 is 27.4 Å². The number of H-pyrrole nitrogens is 1. The number of carbonyl (C=O) groups excluding carboxylic acids is 1. The van der Waals surface area contributed by atoms with Crippen LogP contribution in [0.5, 0.6) is 0 Å². The van der Waals surface area contributed by atoms with Crippen molar-refractivity contribution in [3.05, 3.63) is 72.9 Å². The highest BCUT2D eigenvalue weighted by molar-refractivity contribution is 9.10. The van der Waals surface area contributed by atoms with Crippen LogP contribution in [-0.4, -0.2) is 40.3 Å². The van der Waals surface area contributed by atoms with Gasteiger partial charge in [0.15, 0.2) is 0 Å². The number of halogens is 1. The van der Waals surface area contributed by atoms with Crippen LogP contribution in [0.3, 0.4) is 0 Å². The Kier molecular flexibility index (Phi) is 7.06. The summed E-state index contributed by atoms with van der Waals surface area (Å²) in [7, 11) is 4.33. The first-order chi connectivity index (χ1) is 16.1. The number of fused-ring (bicyclic) bond motifs is 1. The number of rotatable bonds is 6. The van der Waals surface area contributed by atoms with Gasteiger partial charge in [-0.2, -0.15) is 0 Å². The van der Waals surface area contributed by atoms with Crippen LogP contribution in [0, 0.1) is 26.7 Å². The summed E-state index contributed by atoms with van der Waals surface area (Å²) >= 11 is 3.62. The van der Waals surface area contributed by atoms with Crippen molar-refractivity contribution in [2.24, 2.45) is 5.92 Å². The molecule has 0 saturated heterocycles. The van der Waals surface area contributed by atoms with E-state index in [9.17, 15) is 9.59 Å². The number of nitrogens with zero attached hydrogens (tertiary/aromatic N) is 2. The summed E-state index contributed by atoms with van der Waals surface area (Å²) in [5.74, 6) is 0.743. The van der Waals surface area contributed by atoms with Crippen molar-refractivity contribution in [3.8, 4) is 0 Å². The summed E-state index contributed by atoms with van der Waals surface area (Å²) < 4.78 is 3.23. The molecule has 0 aromatic carbocycles. The molecule has 3 unspecified atom stereocenters. The Labute approximate surface area is 209 Å². The number of aromatic amines is 1. The zero-order valence-corrected chi connectivity index (χ0v) is 22.5. The lowest BCUT2D eigenvalue weighted by atomic mass is 9.86. The molecule has 1 amide bonds. The van der Waals surface area contributed by atoms with E-state index in [4.69, 9.17) is 0 Å². The monoisotopic (exact) mass is 526 g/mol. The molecule has 182 valence electrons. The van der Waals surface area contributed by atoms with Gasteiger partial charge in [-0.05, 0) is 111 Å². The Morgan fingerprint density at radius 1 is 1.24 bits per heavy atom. The van der Waals surface area contributed by atoms with Gasteiger partial charge in [0.25, 0.3) is 11.5 Å². The van der Waals surface area contributed by atoms with Gasteiger partial charge in [-0.25, -0.2) is 0 Å². The smallest absolute Gasteiger partial charge is 0.253 e. The van der Waals surface area contributed by atoms with Crippen LogP contribution in [0.4, 0.5) is 0 Å². The van der Waals surface area contributed by atoms with E-state index in [0.717, 1.165) is 26.8 Å². The number of amides is 1. The molecule has 2 N–H and O–H groups in total. The minimum Gasteiger partial charge on any atom is -0.348 e. The molecule has 3 aromatic heterocycles. The zero-order valence-electron chi connectivity index (χ0n) is 21.0. The van der Waals surface area contributed by atoms with Crippen molar-refractivity contribution in [1.29, 1.82) is 0 Å². The van der Waals surface area contributed by atoms with Crippen molar-refractivity contribution in [3.63, 3.8) is 0 Å². The second-order valence-corrected chi connectivity index (χ2v) is 11.0. The number of aryl methyl sites for hydroxylation is 2. The van der Waals surface area contributed by atoms with Gasteiger partial charge in [0.05, 0.1) is 0 Å². The van der Waals surface area contributed by atoms with Crippen molar-refractivity contribution in [2.75, 3.05) is 14.1 Å². The summed E-state index contributed by atoms with van der Waals surface area (Å²) in [5, 5.41) is 3.00. The number of hydrogen-bond donors (Lipinski definition) is 2. The Balaban J connectivity index is 1.67. The number of aromatic nitrogens is 2. The second kappa shape index (κ2) is 9.70. The average Bonchev–Trinajstić information content (AvgIpc) is 3.38. The average molecular weight is 528 g/mol. The van der Waals surface area contributed by atoms with Gasteiger partial charge in [-0.3, -0.25) is 9.59 Å². The van der Waals surface area contributed by atoms with Gasteiger partial charge in [0.1, 0.15) is 0 Å². The number of nitrogens with one attached hydrogen (secondary N) is 2. The van der Waals surface area contributed by atoms with E-state index in [1.807, 2.05) is 26.0 Å². The second-order valence-electron chi connectivity index (χ2n) is 10.1. The molecule has 0 spiro atoms. The summed E-state index contributed by atoms with van der Waals surface area (Å²) in [6, 6.07) is 6.55. The highest BCUT2D eigenvalue weighted by atomic mass is 79.9. The van der Waals surface area contributed by atoms with Crippen LogP contribution in [0.15, 0.2) is 33.7 Å². The maximum atomic E-state index is 13.4. The molecule has 1 fully saturated rings. The molecule has 1 aliphatic rings. The summed E-state index contributed by atoms with van der Waals surface area (Å²) in [6.45, 7) is 8.32. The lowest BCUT2D eigenvalue weighted by Crippen LogP contribution is -2.29. The van der Waals surface area contributed by atoms with Gasteiger partial charge in [-0.15, -0.1) is 0 Å². The zero-order chi connectivity index (χ0) is 24.7. The van der Waals surface area contributed by atoms with Gasteiger partial charge >= 0.3 is 0 Å². The third-order valence-corrected chi connectivity index (χ3v) is 8.07. The number of hydrogen-bond acceptors (Lipinski definition) is 3. The molecule has 7 heteroatoms. The molecule has 3 heterocycles. The Hall–Kier alpha value is -2.38. The molecule has 4 rings (SSSR count). The molecule has 6 nitrogen and oxygen atoms in total. The predicted octanol–water partition coefficient (Wildman–Crippen LogP) is 5.08. The predicted molar refractivity (Wildman–Crippen MR) is 141 cm³/mol. The third-order valence-electron chi connectivity index (χ3n) is 7.63. The molecule has 0 aliphatic heterocycles. The third kappa shape index (κ3) is 4.73. The first-order valence-electron chi connectivity index (χ1n) is 12.0. The minimum atomic E-state index is -0.150. The molecule has 1 saturated carbocycles. The number of pyridine rings is 2. The van der Waals surface area contributed by atoms with E-state index in [0.29, 0.717) is 29.0 Å². The van der Waals surface area contributed by atoms with Gasteiger partial charge < -0.3 is 19.6 Å². The van der Waals surface area contributed by atoms with E-state index in [2.05, 4.69) is 75.7 Å². The van der Waals surface area contributed by atoms with Crippen LogP contribution in [-0.2, 0) is 6.54 Å². The normalized spacial score (nSPS) is 19.2. The highest BCUT2D eigenvalue weighted by Crippen LogP contribution is 2.40. The Morgan fingerprint density at radius 3 is 2.62 bits per heavy atom. The van der Waals surface area contributed by atoms with Gasteiger partial charge in [0.2, 0.25) is 0 Å². The quantitative estimate of drug-likeness (QED) is 0.470. The highest BCUT2D eigenvalue weighted by Gasteiger charge is 2.33. The molecule has 0 radical (unpaired) electrons. The van der Waals surface area contributed by atoms with Crippen LogP contribution in [0.1, 0.15) is 70.5 Å². The fourth-order valence-electron chi connectivity index (χ4n) is 5.64. The van der Waals surface area contributed by atoms with Crippen LogP contribution in [0.25, 0.3) is 5.52 Å². The van der Waals surface area contributed by atoms with Gasteiger partial charge in [0, 0.05) is 51.3 Å². The SMILES string of the molecule is Cc1cc(C)c(CNC(=O)c2cc3cc(Br)cn3c(C(C)C3CCC(N(C)C)C3)c2C)c(=O)[nH]1. The van der Waals surface area contributed by atoms with E-state index < -0.39 is 0 Å². The lowest BCUT2D eigenvalue weighted by molar-refractivity contribution is 0.0950. The fraction of sp³-hybridized carbons (Fsp3) is 0.481. The maximum Gasteiger partial charge on any atom is 0.253 e. The van der Waals surface area contributed by atoms with E-state index >= 15 is 0 Å². The first-order valence-corrected chi connectivity index (χ1v) is 12.8.